The highest BCUT2D eigenvalue weighted by atomic mass is 19.4. The van der Waals surface area contributed by atoms with E-state index >= 15 is 0 Å². The fourth-order valence-electron chi connectivity index (χ4n) is 1.44. The maximum Gasteiger partial charge on any atom is 0.417 e. The number of rotatable bonds is 2. The second-order valence-corrected chi connectivity index (χ2v) is 3.43. The van der Waals surface area contributed by atoms with Crippen molar-refractivity contribution >= 4 is 5.69 Å². The molecule has 0 radical (unpaired) electrons. The topological polar surface area (TPSA) is 63.4 Å². The molecule has 0 saturated carbocycles. The molecule has 0 aliphatic heterocycles. The predicted molar refractivity (Wildman–Crippen MR) is 49.0 cm³/mol. The Balaban J connectivity index is 3.72. The lowest BCUT2D eigenvalue weighted by Gasteiger charge is -2.17. The van der Waals surface area contributed by atoms with Gasteiger partial charge in [-0.3, -0.25) is 10.1 Å². The molecule has 0 amide bonds. The summed E-state index contributed by atoms with van der Waals surface area (Å²) < 4.78 is 75.3. The molecule has 0 aliphatic carbocycles. The van der Waals surface area contributed by atoms with Crippen LogP contribution in [0.15, 0.2) is 12.1 Å². The maximum atomic E-state index is 12.5. The van der Waals surface area contributed by atoms with Crippen LogP contribution < -0.4 is 0 Å². The zero-order valence-electron chi connectivity index (χ0n) is 8.84. The minimum atomic E-state index is -5.25. The number of nitrogens with zero attached hydrogens (tertiary/aromatic N) is 1. The number of halogens is 6. The van der Waals surface area contributed by atoms with E-state index in [9.17, 15) is 36.5 Å². The van der Waals surface area contributed by atoms with Gasteiger partial charge in [-0.25, -0.2) is 0 Å². The van der Waals surface area contributed by atoms with Gasteiger partial charge in [0.2, 0.25) is 0 Å². The Morgan fingerprint density at radius 2 is 1.42 bits per heavy atom. The van der Waals surface area contributed by atoms with Crippen LogP contribution in [0, 0.1) is 10.1 Å². The van der Waals surface area contributed by atoms with Gasteiger partial charge in [0.15, 0.2) is 0 Å². The van der Waals surface area contributed by atoms with E-state index in [1.54, 1.807) is 0 Å². The monoisotopic (exact) mass is 289 g/mol. The van der Waals surface area contributed by atoms with Crippen LogP contribution in [0.4, 0.5) is 32.0 Å². The summed E-state index contributed by atoms with van der Waals surface area (Å²) in [5.74, 6) is 0. The second kappa shape index (κ2) is 4.68. The number of hydrogen-bond donors (Lipinski definition) is 1. The van der Waals surface area contributed by atoms with Crippen molar-refractivity contribution in [2.24, 2.45) is 0 Å². The summed E-state index contributed by atoms with van der Waals surface area (Å²) in [5.41, 5.74) is -6.55. The Morgan fingerprint density at radius 1 is 1.05 bits per heavy atom. The zero-order valence-corrected chi connectivity index (χ0v) is 8.84. The van der Waals surface area contributed by atoms with Gasteiger partial charge in [0.1, 0.15) is 0 Å². The molecule has 0 aromatic heterocycles. The molecule has 0 spiro atoms. The lowest BCUT2D eigenvalue weighted by atomic mass is 9.99. The summed E-state index contributed by atoms with van der Waals surface area (Å²) in [5, 5.41) is 19.1. The smallest absolute Gasteiger partial charge is 0.392 e. The van der Waals surface area contributed by atoms with Crippen molar-refractivity contribution in [2.45, 2.75) is 19.0 Å². The quantitative estimate of drug-likeness (QED) is 0.517. The number of nitro benzene ring substituents is 1. The Morgan fingerprint density at radius 3 is 1.63 bits per heavy atom. The highest BCUT2D eigenvalue weighted by Gasteiger charge is 2.42. The maximum absolute atomic E-state index is 12.5. The van der Waals surface area contributed by atoms with Crippen molar-refractivity contribution in [1.82, 2.24) is 0 Å². The van der Waals surface area contributed by atoms with Gasteiger partial charge < -0.3 is 5.11 Å². The Labute approximate surface area is 101 Å². The lowest BCUT2D eigenvalue weighted by Crippen LogP contribution is -2.17. The number of non-ortho nitro benzene ring substituents is 1. The third-order valence-corrected chi connectivity index (χ3v) is 2.21. The molecule has 1 aromatic carbocycles. The number of benzene rings is 1. The standard InChI is InChI=1S/C9H5F6NO3/c10-8(11,12)6-1-4(16(18)19)2-7(5(6)3-17)9(13,14)15/h1-2,17H,3H2. The molecule has 0 atom stereocenters. The molecule has 1 aromatic rings. The summed E-state index contributed by atoms with van der Waals surface area (Å²) in [6, 6.07) is -0.0818. The van der Waals surface area contributed by atoms with Gasteiger partial charge in [-0.1, -0.05) is 0 Å². The normalized spacial score (nSPS) is 12.6. The van der Waals surface area contributed by atoms with E-state index in [0.29, 0.717) is 0 Å². The van der Waals surface area contributed by atoms with E-state index in [0.717, 1.165) is 0 Å². The first-order valence-electron chi connectivity index (χ1n) is 4.55. The molecule has 0 fully saturated rings. The molecule has 106 valence electrons. The predicted octanol–water partition coefficient (Wildman–Crippen LogP) is 3.12. The molecule has 1 rings (SSSR count). The number of aliphatic hydroxyl groups is 1. The van der Waals surface area contributed by atoms with Gasteiger partial charge in [-0.05, 0) is 0 Å². The minimum absolute atomic E-state index is 0.0409. The van der Waals surface area contributed by atoms with Crippen LogP contribution in [0.5, 0.6) is 0 Å². The first-order chi connectivity index (χ1) is 8.48. The Kier molecular flexibility index (Phi) is 3.75. The highest BCUT2D eigenvalue weighted by Crippen LogP contribution is 2.41. The van der Waals surface area contributed by atoms with Crippen molar-refractivity contribution < 1.29 is 36.4 Å². The molecular weight excluding hydrogens is 284 g/mol. The van der Waals surface area contributed by atoms with E-state index < -0.39 is 46.3 Å². The summed E-state index contributed by atoms with van der Waals surface area (Å²) in [6.45, 7) is -1.54. The van der Waals surface area contributed by atoms with Gasteiger partial charge in [-0.2, -0.15) is 26.3 Å². The number of alkyl halides is 6. The first kappa shape index (κ1) is 15.2. The molecule has 0 unspecified atom stereocenters. The highest BCUT2D eigenvalue weighted by molar-refractivity contribution is 5.48. The minimum Gasteiger partial charge on any atom is -0.392 e. The molecule has 0 bridgehead atoms. The summed E-state index contributed by atoms with van der Waals surface area (Å²) in [7, 11) is 0. The van der Waals surface area contributed by atoms with Gasteiger partial charge in [-0.15, -0.1) is 0 Å². The van der Waals surface area contributed by atoms with Crippen LogP contribution in [0.2, 0.25) is 0 Å². The van der Waals surface area contributed by atoms with Crippen LogP contribution in [-0.4, -0.2) is 10.0 Å². The fraction of sp³-hybridized carbons (Fsp3) is 0.333. The zero-order chi connectivity index (χ0) is 15.0. The average molecular weight is 289 g/mol. The largest absolute Gasteiger partial charge is 0.417 e. The van der Waals surface area contributed by atoms with E-state index in [1.807, 2.05) is 0 Å². The Bertz CT molecular complexity index is 473. The van der Waals surface area contributed by atoms with E-state index in [1.165, 1.54) is 0 Å². The van der Waals surface area contributed by atoms with Gasteiger partial charge >= 0.3 is 12.4 Å². The van der Waals surface area contributed by atoms with E-state index in [4.69, 9.17) is 5.11 Å². The number of nitro groups is 1. The van der Waals surface area contributed by atoms with Crippen LogP contribution in [-0.2, 0) is 19.0 Å². The molecule has 10 heteroatoms. The lowest BCUT2D eigenvalue weighted by molar-refractivity contribution is -0.385. The van der Waals surface area contributed by atoms with Gasteiger partial charge in [0, 0.05) is 17.7 Å². The van der Waals surface area contributed by atoms with Crippen molar-refractivity contribution in [1.29, 1.82) is 0 Å². The molecular formula is C9H5F6NO3. The summed E-state index contributed by atoms with van der Waals surface area (Å²) in [6.07, 6.45) is -10.5. The van der Waals surface area contributed by atoms with E-state index in [-0.39, 0.29) is 12.1 Å². The summed E-state index contributed by atoms with van der Waals surface area (Å²) >= 11 is 0. The molecule has 1 N–H and O–H groups in total. The van der Waals surface area contributed by atoms with Crippen molar-refractivity contribution in [3.8, 4) is 0 Å². The van der Waals surface area contributed by atoms with Crippen LogP contribution in [0.3, 0.4) is 0 Å². The Hall–Kier alpha value is -1.84. The molecule has 0 aliphatic rings. The third kappa shape index (κ3) is 3.13. The van der Waals surface area contributed by atoms with Gasteiger partial charge in [0.25, 0.3) is 5.69 Å². The SMILES string of the molecule is O=[N+]([O-])c1cc(C(F)(F)F)c(CO)c(C(F)(F)F)c1. The fourth-order valence-corrected chi connectivity index (χ4v) is 1.44. The van der Waals surface area contributed by atoms with Crippen molar-refractivity contribution in [3.63, 3.8) is 0 Å². The van der Waals surface area contributed by atoms with Crippen LogP contribution in [0.1, 0.15) is 16.7 Å². The van der Waals surface area contributed by atoms with Crippen LogP contribution in [0.25, 0.3) is 0 Å². The van der Waals surface area contributed by atoms with Crippen LogP contribution >= 0.6 is 0 Å². The first-order valence-corrected chi connectivity index (χ1v) is 4.55. The van der Waals surface area contributed by atoms with E-state index in [2.05, 4.69) is 0 Å². The number of aliphatic hydroxyl groups excluding tert-OH is 1. The second-order valence-electron chi connectivity index (χ2n) is 3.43. The van der Waals surface area contributed by atoms with Crippen molar-refractivity contribution in [3.05, 3.63) is 38.9 Å². The average Bonchev–Trinajstić information content (AvgIpc) is 2.24. The number of hydrogen-bond acceptors (Lipinski definition) is 3. The summed E-state index contributed by atoms with van der Waals surface area (Å²) in [4.78, 5) is 9.00. The molecule has 0 saturated heterocycles. The third-order valence-electron chi connectivity index (χ3n) is 2.21. The molecule has 4 nitrogen and oxygen atoms in total. The van der Waals surface area contributed by atoms with Crippen molar-refractivity contribution in [2.75, 3.05) is 0 Å². The molecule has 19 heavy (non-hydrogen) atoms. The van der Waals surface area contributed by atoms with Gasteiger partial charge in [0.05, 0.1) is 22.7 Å². The molecule has 0 heterocycles.